The Morgan fingerprint density at radius 1 is 1.14 bits per heavy atom. The van der Waals surface area contributed by atoms with Gasteiger partial charge in [-0.25, -0.2) is 9.59 Å². The van der Waals surface area contributed by atoms with E-state index < -0.39 is 24.1 Å². The molecule has 6 nitrogen and oxygen atoms in total. The van der Waals surface area contributed by atoms with E-state index in [4.69, 9.17) is 4.74 Å². The number of carboxylic acid groups (broad SMARTS) is 1. The number of benzene rings is 2. The second kappa shape index (κ2) is 8.25. The summed E-state index contributed by atoms with van der Waals surface area (Å²) >= 11 is 0. The van der Waals surface area contributed by atoms with Gasteiger partial charge in [0.15, 0.2) is 0 Å². The summed E-state index contributed by atoms with van der Waals surface area (Å²) in [6.07, 6.45) is 1.77. The number of carboxylic acids is 1. The number of carbonyl (C=O) groups excluding carboxylic acids is 1. The summed E-state index contributed by atoms with van der Waals surface area (Å²) in [4.78, 5) is 26.7. The summed E-state index contributed by atoms with van der Waals surface area (Å²) in [5, 5.41) is 13.4. The molecule has 2 unspecified atom stereocenters. The first-order valence-electron chi connectivity index (χ1n) is 10.1. The molecule has 6 heteroatoms. The van der Waals surface area contributed by atoms with Crippen molar-refractivity contribution >= 4 is 12.1 Å². The average molecular weight is 394 g/mol. The van der Waals surface area contributed by atoms with Gasteiger partial charge in [0.05, 0.1) is 13.2 Å². The van der Waals surface area contributed by atoms with E-state index in [9.17, 15) is 14.7 Å². The highest BCUT2D eigenvalue weighted by Crippen LogP contribution is 2.47. The zero-order chi connectivity index (χ0) is 20.4. The van der Waals surface area contributed by atoms with Crippen LogP contribution in [0.5, 0.6) is 0 Å². The number of hydrogen-bond acceptors (Lipinski definition) is 4. The van der Waals surface area contributed by atoms with Crippen molar-refractivity contribution in [3.05, 3.63) is 59.7 Å². The first-order valence-corrected chi connectivity index (χ1v) is 10.1. The van der Waals surface area contributed by atoms with Gasteiger partial charge in [0.25, 0.3) is 0 Å². The van der Waals surface area contributed by atoms with Crippen molar-refractivity contribution in [3.8, 4) is 11.1 Å². The molecule has 2 N–H and O–H groups in total. The molecule has 2 aliphatic rings. The van der Waals surface area contributed by atoms with Gasteiger partial charge in [0.1, 0.15) is 6.04 Å². The molecular formula is C23H26N2O4. The molecule has 0 bridgehead atoms. The van der Waals surface area contributed by atoms with Gasteiger partial charge < -0.3 is 15.2 Å². The van der Waals surface area contributed by atoms with Crippen LogP contribution in [0, 0.1) is 5.92 Å². The molecular weight excluding hydrogens is 368 g/mol. The Labute approximate surface area is 170 Å². The van der Waals surface area contributed by atoms with Crippen LogP contribution < -0.4 is 5.32 Å². The Hall–Kier alpha value is -2.86. The number of carbonyl (C=O) groups is 2. The van der Waals surface area contributed by atoms with E-state index in [-0.39, 0.29) is 5.92 Å². The maximum Gasteiger partial charge on any atom is 0.411 e. The third-order valence-corrected chi connectivity index (χ3v) is 6.04. The number of ether oxygens (including phenoxy) is 1. The van der Waals surface area contributed by atoms with Crippen molar-refractivity contribution in [1.82, 2.24) is 10.2 Å². The van der Waals surface area contributed by atoms with Gasteiger partial charge >= 0.3 is 12.1 Å². The van der Waals surface area contributed by atoms with E-state index in [2.05, 4.69) is 5.32 Å². The molecule has 1 heterocycles. The number of aliphatic carboxylic acids is 1. The van der Waals surface area contributed by atoms with Crippen LogP contribution in [0.4, 0.5) is 4.79 Å². The van der Waals surface area contributed by atoms with Crippen molar-refractivity contribution in [2.24, 2.45) is 5.92 Å². The van der Waals surface area contributed by atoms with Gasteiger partial charge in [0.2, 0.25) is 0 Å². The molecule has 0 aromatic heterocycles. The summed E-state index contributed by atoms with van der Waals surface area (Å²) in [6.45, 7) is 1.73. The number of rotatable bonds is 5. The van der Waals surface area contributed by atoms with Gasteiger partial charge in [-0.2, -0.15) is 0 Å². The minimum atomic E-state index is -0.997. The Morgan fingerprint density at radius 3 is 2.28 bits per heavy atom. The SMILES string of the molecule is COC(=O)N(C(CC1CCCNC1)C(=O)O)C1c2ccccc2-c2ccccc21. The van der Waals surface area contributed by atoms with E-state index in [0.29, 0.717) is 6.42 Å². The molecule has 1 fully saturated rings. The van der Waals surface area contributed by atoms with E-state index in [1.165, 1.54) is 12.0 Å². The van der Waals surface area contributed by atoms with Crippen molar-refractivity contribution < 1.29 is 19.4 Å². The number of fused-ring (bicyclic) bond motifs is 3. The minimum absolute atomic E-state index is 0.212. The van der Waals surface area contributed by atoms with Crippen LogP contribution in [0.1, 0.15) is 36.4 Å². The van der Waals surface area contributed by atoms with Crippen LogP contribution in [-0.4, -0.2) is 48.3 Å². The van der Waals surface area contributed by atoms with E-state index >= 15 is 0 Å². The van der Waals surface area contributed by atoms with Crippen LogP contribution in [0.15, 0.2) is 48.5 Å². The maximum absolute atomic E-state index is 12.9. The lowest BCUT2D eigenvalue weighted by atomic mass is 9.90. The molecule has 29 heavy (non-hydrogen) atoms. The Bertz CT molecular complexity index is 862. The van der Waals surface area contributed by atoms with Crippen LogP contribution in [0.2, 0.25) is 0 Å². The third-order valence-electron chi connectivity index (χ3n) is 6.04. The van der Waals surface area contributed by atoms with Gasteiger partial charge in [-0.05, 0) is 60.5 Å². The Balaban J connectivity index is 1.78. The van der Waals surface area contributed by atoms with E-state index in [1.54, 1.807) is 0 Å². The minimum Gasteiger partial charge on any atom is -0.480 e. The predicted octanol–water partition coefficient (Wildman–Crippen LogP) is 3.67. The predicted molar refractivity (Wildman–Crippen MR) is 110 cm³/mol. The molecule has 0 radical (unpaired) electrons. The van der Waals surface area contributed by atoms with Crippen LogP contribution in [-0.2, 0) is 9.53 Å². The van der Waals surface area contributed by atoms with Gasteiger partial charge in [-0.3, -0.25) is 4.90 Å². The summed E-state index contributed by atoms with van der Waals surface area (Å²) in [7, 11) is 1.31. The number of nitrogens with one attached hydrogen (secondary N) is 1. The maximum atomic E-state index is 12.9. The molecule has 0 saturated carbocycles. The smallest absolute Gasteiger partial charge is 0.411 e. The first-order chi connectivity index (χ1) is 14.1. The molecule has 0 spiro atoms. The summed E-state index contributed by atoms with van der Waals surface area (Å²) in [5.74, 6) is -0.785. The van der Waals surface area contributed by atoms with Crippen molar-refractivity contribution in [3.63, 3.8) is 0 Å². The van der Waals surface area contributed by atoms with Gasteiger partial charge in [0, 0.05) is 0 Å². The fourth-order valence-corrected chi connectivity index (χ4v) is 4.72. The van der Waals surface area contributed by atoms with Gasteiger partial charge in [-0.15, -0.1) is 0 Å². The number of nitrogens with zero attached hydrogens (tertiary/aromatic N) is 1. The van der Waals surface area contributed by atoms with Gasteiger partial charge in [-0.1, -0.05) is 48.5 Å². The molecule has 152 valence electrons. The van der Waals surface area contributed by atoms with Crippen molar-refractivity contribution in [2.75, 3.05) is 20.2 Å². The van der Waals surface area contributed by atoms with E-state index in [1.807, 2.05) is 48.5 Å². The lowest BCUT2D eigenvalue weighted by Gasteiger charge is -2.36. The largest absolute Gasteiger partial charge is 0.480 e. The first kappa shape index (κ1) is 19.5. The second-order valence-corrected chi connectivity index (χ2v) is 7.76. The van der Waals surface area contributed by atoms with Crippen molar-refractivity contribution in [1.29, 1.82) is 0 Å². The standard InChI is InChI=1S/C23H26N2O4/c1-29-23(28)25(20(22(26)27)13-15-7-6-12-24-14-15)21-18-10-4-2-8-16(18)17-9-3-5-11-19(17)21/h2-5,8-11,15,20-21,24H,6-7,12-14H2,1H3,(H,26,27). The number of methoxy groups -OCH3 is 1. The van der Waals surface area contributed by atoms with Crippen LogP contribution in [0.3, 0.4) is 0 Å². The molecule has 4 rings (SSSR count). The molecule has 1 aliphatic carbocycles. The monoisotopic (exact) mass is 394 g/mol. The highest BCUT2D eigenvalue weighted by atomic mass is 16.5. The Kier molecular flexibility index (Phi) is 5.53. The quantitative estimate of drug-likeness (QED) is 0.809. The normalized spacial score (nSPS) is 19.1. The fourth-order valence-electron chi connectivity index (χ4n) is 4.72. The molecule has 1 saturated heterocycles. The summed E-state index contributed by atoms with van der Waals surface area (Å²) in [5.41, 5.74) is 3.94. The summed E-state index contributed by atoms with van der Waals surface area (Å²) < 4.78 is 5.08. The molecule has 1 aliphatic heterocycles. The van der Waals surface area contributed by atoms with Crippen molar-refractivity contribution in [2.45, 2.75) is 31.3 Å². The number of piperidine rings is 1. The highest BCUT2D eigenvalue weighted by molar-refractivity contribution is 5.85. The molecule has 2 aromatic carbocycles. The third kappa shape index (κ3) is 3.60. The molecule has 1 amide bonds. The second-order valence-electron chi connectivity index (χ2n) is 7.76. The lowest BCUT2D eigenvalue weighted by Crippen LogP contribution is -2.49. The summed E-state index contributed by atoms with van der Waals surface area (Å²) in [6, 6.07) is 14.3. The zero-order valence-corrected chi connectivity index (χ0v) is 16.5. The van der Waals surface area contributed by atoms with E-state index in [0.717, 1.165) is 48.2 Å². The van der Waals surface area contributed by atoms with Crippen LogP contribution in [0.25, 0.3) is 11.1 Å². The average Bonchev–Trinajstić information content (AvgIpc) is 3.08. The molecule has 2 atom stereocenters. The molecule has 2 aromatic rings. The lowest BCUT2D eigenvalue weighted by molar-refractivity contribution is -0.144. The zero-order valence-electron chi connectivity index (χ0n) is 16.5. The number of amides is 1. The van der Waals surface area contributed by atoms with Crippen LogP contribution >= 0.6 is 0 Å². The topological polar surface area (TPSA) is 78.9 Å². The fraction of sp³-hybridized carbons (Fsp3) is 0.391. The Morgan fingerprint density at radius 2 is 1.76 bits per heavy atom. The highest BCUT2D eigenvalue weighted by Gasteiger charge is 2.43. The number of hydrogen-bond donors (Lipinski definition) is 2.